The Morgan fingerprint density at radius 1 is 1.33 bits per heavy atom. The first-order valence-corrected chi connectivity index (χ1v) is 12.2. The Labute approximate surface area is 198 Å². The summed E-state index contributed by atoms with van der Waals surface area (Å²) in [5.41, 5.74) is 3.52. The van der Waals surface area contributed by atoms with E-state index in [9.17, 15) is 14.4 Å². The largest absolute Gasteiger partial charge is 0.411 e. The maximum atomic E-state index is 13.4. The highest BCUT2D eigenvalue weighted by atomic mass is 35.5. The van der Waals surface area contributed by atoms with Crippen molar-refractivity contribution in [1.29, 1.82) is 0 Å². The van der Waals surface area contributed by atoms with Crippen LogP contribution < -0.4 is 5.32 Å². The molecule has 1 amide bonds. The summed E-state index contributed by atoms with van der Waals surface area (Å²) in [6.07, 6.45) is 7.25. The lowest BCUT2D eigenvalue weighted by Crippen LogP contribution is -2.44. The molecular weight excluding hydrogens is 441 g/mol. The first-order valence-electron chi connectivity index (χ1n) is 11.8. The van der Waals surface area contributed by atoms with E-state index >= 15 is 0 Å². The Hall–Kier alpha value is -2.47. The van der Waals surface area contributed by atoms with Crippen LogP contribution in [0.2, 0.25) is 5.02 Å². The number of hydrogen-bond acceptors (Lipinski definition) is 4. The molecule has 1 aromatic carbocycles. The highest BCUT2D eigenvalue weighted by Crippen LogP contribution is 2.62. The summed E-state index contributed by atoms with van der Waals surface area (Å²) in [4.78, 5) is 16.6. The maximum Gasteiger partial charge on any atom is 0.225 e. The number of aryl methyl sites for hydroxylation is 1. The Morgan fingerprint density at radius 2 is 2.18 bits per heavy atom. The molecule has 1 heterocycles. The molecule has 3 unspecified atom stereocenters. The third kappa shape index (κ3) is 4.03. The van der Waals surface area contributed by atoms with Crippen molar-refractivity contribution in [2.75, 3.05) is 5.32 Å². The van der Waals surface area contributed by atoms with Crippen molar-refractivity contribution in [1.82, 2.24) is 4.98 Å². The van der Waals surface area contributed by atoms with Gasteiger partial charge in [0.2, 0.25) is 5.91 Å². The van der Waals surface area contributed by atoms with Gasteiger partial charge in [-0.15, -0.1) is 0 Å². The molecule has 2 aromatic rings. The minimum atomic E-state index is -0.428. The molecule has 5 nitrogen and oxygen atoms in total. The average Bonchev–Trinajstić information content (AvgIpc) is 3.09. The lowest BCUT2D eigenvalue weighted by atomic mass is 9.54. The Balaban J connectivity index is 1.35. The van der Waals surface area contributed by atoms with E-state index in [0.717, 1.165) is 42.8 Å². The normalized spacial score (nSPS) is 31.5. The SMILES string of the molecule is C[C@]12CCC3c4ccc(Cl)cc4CCC3C1[C@H](CCC(=O)Nc1cc(F)ccn1)C/C2=N\O. The monoisotopic (exact) mass is 469 g/mol. The van der Waals surface area contributed by atoms with E-state index in [2.05, 4.69) is 34.5 Å². The van der Waals surface area contributed by atoms with Crippen LogP contribution in [0.1, 0.15) is 62.5 Å². The van der Waals surface area contributed by atoms with Gasteiger partial charge in [0.25, 0.3) is 0 Å². The van der Waals surface area contributed by atoms with Crippen molar-refractivity contribution in [2.24, 2.45) is 28.3 Å². The van der Waals surface area contributed by atoms with Gasteiger partial charge in [-0.3, -0.25) is 4.79 Å². The number of benzene rings is 1. The molecule has 0 aliphatic heterocycles. The molecule has 1 aromatic heterocycles. The zero-order chi connectivity index (χ0) is 23.2. The zero-order valence-corrected chi connectivity index (χ0v) is 19.5. The van der Waals surface area contributed by atoms with E-state index in [4.69, 9.17) is 11.6 Å². The molecule has 5 rings (SSSR count). The van der Waals surface area contributed by atoms with E-state index in [1.807, 2.05) is 6.07 Å². The van der Waals surface area contributed by atoms with Crippen LogP contribution in [0.15, 0.2) is 41.7 Å². The molecule has 5 atom stereocenters. The molecule has 0 bridgehead atoms. The van der Waals surface area contributed by atoms with Gasteiger partial charge in [-0.2, -0.15) is 0 Å². The second-order valence-electron chi connectivity index (χ2n) is 10.1. The van der Waals surface area contributed by atoms with Crippen molar-refractivity contribution in [3.8, 4) is 0 Å². The van der Waals surface area contributed by atoms with Crippen LogP contribution in [-0.2, 0) is 11.2 Å². The summed E-state index contributed by atoms with van der Waals surface area (Å²) in [6.45, 7) is 2.25. The fourth-order valence-electron chi connectivity index (χ4n) is 7.05. The number of rotatable bonds is 4. The van der Waals surface area contributed by atoms with E-state index in [0.29, 0.717) is 30.6 Å². The second-order valence-corrected chi connectivity index (χ2v) is 10.5. The maximum absolute atomic E-state index is 13.4. The van der Waals surface area contributed by atoms with Gasteiger partial charge in [0.05, 0.1) is 5.71 Å². The molecular formula is C26H29ClFN3O2. The van der Waals surface area contributed by atoms with Crippen LogP contribution in [0.3, 0.4) is 0 Å². The number of oxime groups is 1. The fourth-order valence-corrected chi connectivity index (χ4v) is 7.24. The molecule has 0 saturated heterocycles. The van der Waals surface area contributed by atoms with Crippen LogP contribution in [0.5, 0.6) is 0 Å². The van der Waals surface area contributed by atoms with E-state index < -0.39 is 5.82 Å². The van der Waals surface area contributed by atoms with Crippen LogP contribution in [0.25, 0.3) is 0 Å². The highest BCUT2D eigenvalue weighted by molar-refractivity contribution is 6.30. The van der Waals surface area contributed by atoms with Crippen molar-refractivity contribution >= 4 is 29.0 Å². The number of nitrogens with one attached hydrogen (secondary N) is 1. The summed E-state index contributed by atoms with van der Waals surface area (Å²) >= 11 is 6.26. The molecule has 33 heavy (non-hydrogen) atoms. The topological polar surface area (TPSA) is 74.6 Å². The van der Waals surface area contributed by atoms with Gasteiger partial charge in [0.15, 0.2) is 0 Å². The predicted octanol–water partition coefficient (Wildman–Crippen LogP) is 6.21. The molecule has 0 radical (unpaired) electrons. The van der Waals surface area contributed by atoms with Gasteiger partial charge in [-0.1, -0.05) is 29.7 Å². The minimum absolute atomic E-state index is 0.134. The molecule has 7 heteroatoms. The van der Waals surface area contributed by atoms with Crippen LogP contribution in [-0.4, -0.2) is 21.8 Å². The first kappa shape index (κ1) is 22.3. The quantitative estimate of drug-likeness (QED) is 0.413. The van der Waals surface area contributed by atoms with Crippen LogP contribution in [0.4, 0.5) is 10.2 Å². The molecule has 3 aliphatic carbocycles. The van der Waals surface area contributed by atoms with Gasteiger partial charge in [-0.05, 0) is 91.5 Å². The van der Waals surface area contributed by atoms with Gasteiger partial charge in [0, 0.05) is 29.1 Å². The van der Waals surface area contributed by atoms with Gasteiger partial charge >= 0.3 is 0 Å². The van der Waals surface area contributed by atoms with E-state index in [1.165, 1.54) is 29.5 Å². The molecule has 2 N–H and O–H groups in total. The van der Waals surface area contributed by atoms with Crippen molar-refractivity contribution in [3.05, 3.63) is 58.5 Å². The van der Waals surface area contributed by atoms with Crippen molar-refractivity contribution in [3.63, 3.8) is 0 Å². The number of halogens is 2. The molecule has 174 valence electrons. The van der Waals surface area contributed by atoms with E-state index in [-0.39, 0.29) is 23.1 Å². The first-order chi connectivity index (χ1) is 15.9. The molecule has 3 aliphatic rings. The summed E-state index contributed by atoms with van der Waals surface area (Å²) in [5.74, 6) is 1.25. The summed E-state index contributed by atoms with van der Waals surface area (Å²) < 4.78 is 13.4. The van der Waals surface area contributed by atoms with Crippen molar-refractivity contribution < 1.29 is 14.4 Å². The molecule has 0 spiro atoms. The average molecular weight is 470 g/mol. The highest BCUT2D eigenvalue weighted by Gasteiger charge is 2.57. The smallest absolute Gasteiger partial charge is 0.225 e. The Kier molecular flexibility index (Phi) is 5.89. The molecule has 2 saturated carbocycles. The third-order valence-corrected chi connectivity index (χ3v) is 8.65. The standard InChI is InChI=1S/C26H29ClFN3O2/c1-26-10-8-20-19-6-4-17(27)12-15(19)2-5-21(20)25(26)16(13-22(26)31-33)3-7-24(32)30-23-14-18(28)9-11-29-23/h4,6,9,11-12,14,16,20-21,25,33H,2-3,5,7-8,10,13H2,1H3,(H,29,30,32)/b31-22+/t16-,20?,21?,25?,26-/m1/s1. The fraction of sp³-hybridized carbons (Fsp3) is 0.500. The van der Waals surface area contributed by atoms with Crippen LogP contribution in [0, 0.1) is 29.0 Å². The number of fused-ring (bicyclic) bond motifs is 5. The molecule has 2 fully saturated rings. The predicted molar refractivity (Wildman–Crippen MR) is 126 cm³/mol. The van der Waals surface area contributed by atoms with Gasteiger partial charge < -0.3 is 10.5 Å². The number of hydrogen-bond donors (Lipinski definition) is 2. The Bertz CT molecular complexity index is 1110. The van der Waals surface area contributed by atoms with Gasteiger partial charge in [0.1, 0.15) is 11.6 Å². The zero-order valence-electron chi connectivity index (χ0n) is 18.7. The minimum Gasteiger partial charge on any atom is -0.411 e. The number of amides is 1. The number of carbonyl (C=O) groups is 1. The summed E-state index contributed by atoms with van der Waals surface area (Å²) in [5, 5.41) is 17.1. The number of nitrogens with zero attached hydrogens (tertiary/aromatic N) is 2. The number of anilines is 1. The van der Waals surface area contributed by atoms with E-state index in [1.54, 1.807) is 0 Å². The second kappa shape index (κ2) is 8.71. The Morgan fingerprint density at radius 3 is 2.97 bits per heavy atom. The lowest BCUT2D eigenvalue weighted by molar-refractivity contribution is -0.116. The van der Waals surface area contributed by atoms with Crippen molar-refractivity contribution in [2.45, 2.75) is 57.8 Å². The number of pyridine rings is 1. The van der Waals surface area contributed by atoms with Gasteiger partial charge in [-0.25, -0.2) is 9.37 Å². The lowest BCUT2D eigenvalue weighted by Gasteiger charge is -2.50. The number of carbonyl (C=O) groups excluding carboxylic acids is 1. The third-order valence-electron chi connectivity index (χ3n) is 8.42. The summed E-state index contributed by atoms with van der Waals surface area (Å²) in [6, 6.07) is 8.77. The van der Waals surface area contributed by atoms with Crippen LogP contribution >= 0.6 is 11.6 Å². The number of aromatic nitrogens is 1. The summed E-state index contributed by atoms with van der Waals surface area (Å²) in [7, 11) is 0.